The van der Waals surface area contributed by atoms with Crippen molar-refractivity contribution in [2.75, 3.05) is 11.9 Å². The second kappa shape index (κ2) is 9.00. The number of hydrogen-bond donors (Lipinski definition) is 1. The van der Waals surface area contributed by atoms with Crippen LogP contribution in [-0.4, -0.2) is 29.5 Å². The summed E-state index contributed by atoms with van der Waals surface area (Å²) in [5.41, 5.74) is 0.466. The van der Waals surface area contributed by atoms with Gasteiger partial charge in [-0.05, 0) is 50.2 Å². The first kappa shape index (κ1) is 20.2. The normalized spacial score (nSPS) is 10.4. The lowest BCUT2D eigenvalue weighted by molar-refractivity contribution is -0.385. The number of esters is 1. The maximum Gasteiger partial charge on any atom is 0.338 e. The maximum atomic E-state index is 12.0. The summed E-state index contributed by atoms with van der Waals surface area (Å²) in [5, 5.41) is 13.7. The van der Waals surface area contributed by atoms with Crippen LogP contribution in [0, 0.1) is 10.1 Å². The Morgan fingerprint density at radius 3 is 2.44 bits per heavy atom. The van der Waals surface area contributed by atoms with Gasteiger partial charge in [-0.2, -0.15) is 0 Å². The average Bonchev–Trinajstić information content (AvgIpc) is 2.60. The van der Waals surface area contributed by atoms with Crippen LogP contribution in [0.25, 0.3) is 0 Å². The largest absolute Gasteiger partial charge is 0.477 e. The topological polar surface area (TPSA) is 108 Å². The molecule has 0 spiro atoms. The lowest BCUT2D eigenvalue weighted by atomic mass is 10.2. The second-order valence-electron chi connectivity index (χ2n) is 5.74. The van der Waals surface area contributed by atoms with Crippen LogP contribution in [0.1, 0.15) is 24.2 Å². The zero-order valence-electron chi connectivity index (χ0n) is 14.6. The third-order valence-corrected chi connectivity index (χ3v) is 3.46. The van der Waals surface area contributed by atoms with Gasteiger partial charge in [-0.25, -0.2) is 4.79 Å². The van der Waals surface area contributed by atoms with Gasteiger partial charge in [0.1, 0.15) is 0 Å². The van der Waals surface area contributed by atoms with Crippen molar-refractivity contribution in [1.82, 2.24) is 0 Å². The Labute approximate surface area is 160 Å². The van der Waals surface area contributed by atoms with Gasteiger partial charge in [0, 0.05) is 16.8 Å². The Kier molecular flexibility index (Phi) is 6.73. The van der Waals surface area contributed by atoms with E-state index in [2.05, 4.69) is 5.32 Å². The Balaban J connectivity index is 1.95. The van der Waals surface area contributed by atoms with Crippen molar-refractivity contribution in [3.63, 3.8) is 0 Å². The van der Waals surface area contributed by atoms with Crippen molar-refractivity contribution in [3.8, 4) is 5.75 Å². The van der Waals surface area contributed by atoms with Crippen LogP contribution >= 0.6 is 11.6 Å². The number of nitro groups is 1. The molecule has 1 amide bonds. The third-order valence-electron chi connectivity index (χ3n) is 3.22. The van der Waals surface area contributed by atoms with E-state index in [1.165, 1.54) is 24.3 Å². The van der Waals surface area contributed by atoms with Crippen LogP contribution in [-0.2, 0) is 9.53 Å². The molecule has 0 aliphatic carbocycles. The number of ether oxygens (including phenoxy) is 2. The van der Waals surface area contributed by atoms with Crippen molar-refractivity contribution < 1.29 is 24.0 Å². The van der Waals surface area contributed by atoms with E-state index in [1.54, 1.807) is 26.0 Å². The second-order valence-corrected chi connectivity index (χ2v) is 6.17. The minimum atomic E-state index is -0.645. The monoisotopic (exact) mass is 392 g/mol. The summed E-state index contributed by atoms with van der Waals surface area (Å²) >= 11 is 5.72. The number of rotatable bonds is 7. The van der Waals surface area contributed by atoms with Crippen LogP contribution in [0.4, 0.5) is 11.4 Å². The van der Waals surface area contributed by atoms with E-state index in [9.17, 15) is 19.7 Å². The average molecular weight is 393 g/mol. The van der Waals surface area contributed by atoms with Gasteiger partial charge in [-0.15, -0.1) is 0 Å². The van der Waals surface area contributed by atoms with Gasteiger partial charge in [0.05, 0.1) is 16.6 Å². The molecule has 142 valence electrons. The SMILES string of the molecule is CC(C)OC(=O)c1ccc(NC(=O)COc2ccc(Cl)cc2[N+](=O)[O-])cc1. The highest BCUT2D eigenvalue weighted by atomic mass is 35.5. The third kappa shape index (κ3) is 5.96. The number of carbonyl (C=O) groups is 2. The molecule has 0 fully saturated rings. The smallest absolute Gasteiger partial charge is 0.338 e. The summed E-state index contributed by atoms with van der Waals surface area (Å²) in [6, 6.07) is 10.0. The molecule has 0 aromatic heterocycles. The molecule has 2 aromatic carbocycles. The Hall–Kier alpha value is -3.13. The van der Waals surface area contributed by atoms with Crippen LogP contribution in [0.2, 0.25) is 5.02 Å². The van der Waals surface area contributed by atoms with Gasteiger partial charge >= 0.3 is 11.7 Å². The molecule has 0 saturated carbocycles. The number of nitrogens with zero attached hydrogens (tertiary/aromatic N) is 1. The molecule has 8 nitrogen and oxygen atoms in total. The lowest BCUT2D eigenvalue weighted by Gasteiger charge is -2.10. The van der Waals surface area contributed by atoms with Crippen molar-refractivity contribution in [3.05, 3.63) is 63.2 Å². The fourth-order valence-electron chi connectivity index (χ4n) is 2.07. The molecule has 0 bridgehead atoms. The van der Waals surface area contributed by atoms with E-state index in [-0.39, 0.29) is 22.6 Å². The summed E-state index contributed by atoms with van der Waals surface area (Å²) in [6.45, 7) is 3.06. The quantitative estimate of drug-likeness (QED) is 0.436. The van der Waals surface area contributed by atoms with E-state index >= 15 is 0 Å². The van der Waals surface area contributed by atoms with Crippen LogP contribution in [0.5, 0.6) is 5.75 Å². The maximum absolute atomic E-state index is 12.0. The number of nitro benzene ring substituents is 1. The lowest BCUT2D eigenvalue weighted by Crippen LogP contribution is -2.20. The molecule has 0 aliphatic rings. The predicted molar refractivity (Wildman–Crippen MR) is 99.2 cm³/mol. The fourth-order valence-corrected chi connectivity index (χ4v) is 2.23. The first-order chi connectivity index (χ1) is 12.8. The minimum Gasteiger partial charge on any atom is -0.477 e. The first-order valence-corrected chi connectivity index (χ1v) is 8.31. The molecule has 0 saturated heterocycles. The Morgan fingerprint density at radius 2 is 1.85 bits per heavy atom. The van der Waals surface area contributed by atoms with E-state index in [1.807, 2.05) is 0 Å². The molecule has 9 heteroatoms. The molecule has 2 rings (SSSR count). The van der Waals surface area contributed by atoms with Crippen molar-refractivity contribution in [1.29, 1.82) is 0 Å². The number of amides is 1. The minimum absolute atomic E-state index is 0.0636. The van der Waals surface area contributed by atoms with Gasteiger partial charge in [-0.1, -0.05) is 11.6 Å². The van der Waals surface area contributed by atoms with Gasteiger partial charge in [-0.3, -0.25) is 14.9 Å². The van der Waals surface area contributed by atoms with Crippen molar-refractivity contribution in [2.45, 2.75) is 20.0 Å². The van der Waals surface area contributed by atoms with Crippen LogP contribution in [0.15, 0.2) is 42.5 Å². The molecule has 1 N–H and O–H groups in total. The molecule has 0 heterocycles. The summed E-state index contributed by atoms with van der Waals surface area (Å²) in [7, 11) is 0. The molecule has 27 heavy (non-hydrogen) atoms. The van der Waals surface area contributed by atoms with E-state index in [0.29, 0.717) is 11.3 Å². The summed E-state index contributed by atoms with van der Waals surface area (Å²) in [6.07, 6.45) is -0.231. The number of hydrogen-bond acceptors (Lipinski definition) is 6. The number of benzene rings is 2. The molecule has 0 atom stereocenters. The van der Waals surface area contributed by atoms with Crippen molar-refractivity contribution >= 4 is 34.9 Å². The number of halogens is 1. The zero-order valence-corrected chi connectivity index (χ0v) is 15.4. The predicted octanol–water partition coefficient (Wildman–Crippen LogP) is 3.83. The highest BCUT2D eigenvalue weighted by Crippen LogP contribution is 2.29. The highest BCUT2D eigenvalue weighted by molar-refractivity contribution is 6.30. The standard InChI is InChI=1S/C18H17ClN2O6/c1-11(2)27-18(23)12-3-6-14(7-4-12)20-17(22)10-26-16-8-5-13(19)9-15(16)21(24)25/h3-9,11H,10H2,1-2H3,(H,20,22). The van der Waals surface area contributed by atoms with E-state index < -0.39 is 23.4 Å². The van der Waals surface area contributed by atoms with Gasteiger partial charge < -0.3 is 14.8 Å². The van der Waals surface area contributed by atoms with Gasteiger partial charge in [0.25, 0.3) is 5.91 Å². The van der Waals surface area contributed by atoms with Crippen molar-refractivity contribution in [2.24, 2.45) is 0 Å². The number of anilines is 1. The molecule has 0 radical (unpaired) electrons. The number of nitrogens with one attached hydrogen (secondary N) is 1. The molecular weight excluding hydrogens is 376 g/mol. The number of carbonyl (C=O) groups excluding carboxylic acids is 2. The highest BCUT2D eigenvalue weighted by Gasteiger charge is 2.17. The molecular formula is C18H17ClN2O6. The van der Waals surface area contributed by atoms with Gasteiger partial charge in [0.2, 0.25) is 0 Å². The molecule has 0 aliphatic heterocycles. The van der Waals surface area contributed by atoms with E-state index in [4.69, 9.17) is 21.1 Å². The van der Waals surface area contributed by atoms with Gasteiger partial charge in [0.15, 0.2) is 12.4 Å². The summed E-state index contributed by atoms with van der Waals surface area (Å²) < 4.78 is 10.3. The molecule has 2 aromatic rings. The fraction of sp³-hybridized carbons (Fsp3) is 0.222. The Morgan fingerprint density at radius 1 is 1.19 bits per heavy atom. The van der Waals surface area contributed by atoms with Crippen LogP contribution < -0.4 is 10.1 Å². The summed E-state index contributed by atoms with van der Waals surface area (Å²) in [4.78, 5) is 34.1. The summed E-state index contributed by atoms with van der Waals surface area (Å²) in [5.74, 6) is -1.04. The first-order valence-electron chi connectivity index (χ1n) is 7.94. The van der Waals surface area contributed by atoms with Crippen LogP contribution in [0.3, 0.4) is 0 Å². The van der Waals surface area contributed by atoms with E-state index in [0.717, 1.165) is 6.07 Å². The Bertz CT molecular complexity index is 851. The molecule has 0 unspecified atom stereocenters. The zero-order chi connectivity index (χ0) is 20.0.